The molecule has 0 spiro atoms. The van der Waals surface area contributed by atoms with Crippen LogP contribution in [-0.4, -0.2) is 12.7 Å². The number of ether oxygens (including phenoxy) is 1. The fourth-order valence-electron chi connectivity index (χ4n) is 2.44. The fourth-order valence-corrected chi connectivity index (χ4v) is 2.44. The summed E-state index contributed by atoms with van der Waals surface area (Å²) in [5.74, 6) is 0.891. The smallest absolute Gasteiger partial charge is 0.0583 e. The highest BCUT2D eigenvalue weighted by molar-refractivity contribution is 4.85. The lowest BCUT2D eigenvalue weighted by molar-refractivity contribution is 0.0559. The van der Waals surface area contributed by atoms with E-state index >= 15 is 0 Å². The van der Waals surface area contributed by atoms with Gasteiger partial charge in [0.2, 0.25) is 0 Å². The first-order valence-corrected chi connectivity index (χ1v) is 4.77. The molecule has 2 fully saturated rings. The summed E-state index contributed by atoms with van der Waals surface area (Å²) in [5.41, 5.74) is 0.542. The normalized spacial score (nSPS) is 42.0. The molecule has 0 aromatic rings. The molecule has 0 N–H and O–H groups in total. The van der Waals surface area contributed by atoms with Crippen LogP contribution in [0.15, 0.2) is 0 Å². The van der Waals surface area contributed by atoms with Crippen molar-refractivity contribution >= 4 is 0 Å². The van der Waals surface area contributed by atoms with Gasteiger partial charge in [-0.15, -0.1) is 0 Å². The van der Waals surface area contributed by atoms with Crippen LogP contribution in [0, 0.1) is 11.3 Å². The third kappa shape index (κ3) is 1.58. The molecule has 0 aromatic carbocycles. The Balaban J connectivity index is 2.05. The molecule has 1 saturated heterocycles. The van der Waals surface area contributed by atoms with Crippen LogP contribution in [0.25, 0.3) is 0 Å². The zero-order chi connectivity index (χ0) is 7.90. The molecule has 2 rings (SSSR count). The first-order valence-electron chi connectivity index (χ1n) is 4.77. The van der Waals surface area contributed by atoms with Gasteiger partial charge in [-0.05, 0) is 37.0 Å². The maximum Gasteiger partial charge on any atom is 0.0583 e. The molecule has 2 atom stereocenters. The molecule has 2 unspecified atom stereocenters. The van der Waals surface area contributed by atoms with E-state index in [1.165, 1.54) is 25.7 Å². The Bertz CT molecular complexity index is 151. The molecule has 2 bridgehead atoms. The summed E-state index contributed by atoms with van der Waals surface area (Å²) in [7, 11) is 0. The van der Waals surface area contributed by atoms with Gasteiger partial charge in [-0.2, -0.15) is 0 Å². The van der Waals surface area contributed by atoms with Crippen molar-refractivity contribution in [3.63, 3.8) is 0 Å². The third-order valence-corrected chi connectivity index (χ3v) is 3.17. The molecule has 2 aliphatic rings. The average molecular weight is 154 g/mol. The molecule has 64 valence electrons. The summed E-state index contributed by atoms with van der Waals surface area (Å²) in [4.78, 5) is 0. The Morgan fingerprint density at radius 1 is 1.36 bits per heavy atom. The predicted octanol–water partition coefficient (Wildman–Crippen LogP) is 2.60. The third-order valence-electron chi connectivity index (χ3n) is 3.17. The molecule has 1 nitrogen and oxygen atoms in total. The van der Waals surface area contributed by atoms with Gasteiger partial charge >= 0.3 is 0 Å². The average Bonchev–Trinajstić information content (AvgIpc) is 2.24. The van der Waals surface area contributed by atoms with E-state index in [4.69, 9.17) is 4.74 Å². The van der Waals surface area contributed by atoms with Gasteiger partial charge in [0.05, 0.1) is 6.10 Å². The molecule has 1 saturated carbocycles. The minimum Gasteiger partial charge on any atom is -0.378 e. The van der Waals surface area contributed by atoms with Gasteiger partial charge in [0.1, 0.15) is 0 Å². The summed E-state index contributed by atoms with van der Waals surface area (Å²) in [6.45, 7) is 5.79. The first-order chi connectivity index (χ1) is 5.16. The lowest BCUT2D eigenvalue weighted by Gasteiger charge is -2.26. The molecular weight excluding hydrogens is 136 g/mol. The van der Waals surface area contributed by atoms with E-state index in [9.17, 15) is 0 Å². The summed E-state index contributed by atoms with van der Waals surface area (Å²) in [6.07, 6.45) is 6.01. The van der Waals surface area contributed by atoms with Crippen molar-refractivity contribution < 1.29 is 4.74 Å². The van der Waals surface area contributed by atoms with E-state index < -0.39 is 0 Å². The predicted molar refractivity (Wildman–Crippen MR) is 45.5 cm³/mol. The highest BCUT2D eigenvalue weighted by Crippen LogP contribution is 2.40. The molecule has 0 radical (unpaired) electrons. The van der Waals surface area contributed by atoms with Crippen LogP contribution in [0.3, 0.4) is 0 Å². The highest BCUT2D eigenvalue weighted by Gasteiger charge is 2.35. The highest BCUT2D eigenvalue weighted by atomic mass is 16.5. The van der Waals surface area contributed by atoms with Crippen molar-refractivity contribution in [3.05, 3.63) is 0 Å². The number of fused-ring (bicyclic) bond motifs is 2. The van der Waals surface area contributed by atoms with Gasteiger partial charge in [0.25, 0.3) is 0 Å². The van der Waals surface area contributed by atoms with Crippen molar-refractivity contribution in [2.45, 2.75) is 45.6 Å². The van der Waals surface area contributed by atoms with Gasteiger partial charge in [-0.3, -0.25) is 0 Å². The fraction of sp³-hybridized carbons (Fsp3) is 1.00. The summed E-state index contributed by atoms with van der Waals surface area (Å²) in [5, 5.41) is 0. The minimum atomic E-state index is 0.542. The summed E-state index contributed by atoms with van der Waals surface area (Å²) in [6, 6.07) is 0. The van der Waals surface area contributed by atoms with E-state index in [2.05, 4.69) is 13.8 Å². The largest absolute Gasteiger partial charge is 0.378 e. The van der Waals surface area contributed by atoms with E-state index in [0.717, 1.165) is 12.5 Å². The Hall–Kier alpha value is -0.0400. The molecule has 11 heavy (non-hydrogen) atoms. The maximum absolute atomic E-state index is 5.69. The number of hydrogen-bond acceptors (Lipinski definition) is 1. The summed E-state index contributed by atoms with van der Waals surface area (Å²) >= 11 is 0. The van der Waals surface area contributed by atoms with Crippen molar-refractivity contribution in [2.75, 3.05) is 6.61 Å². The van der Waals surface area contributed by atoms with Gasteiger partial charge in [0.15, 0.2) is 0 Å². The lowest BCUT2D eigenvalue weighted by atomic mass is 9.84. The van der Waals surface area contributed by atoms with Crippen LogP contribution in [0.2, 0.25) is 0 Å². The van der Waals surface area contributed by atoms with Crippen LogP contribution in [0.5, 0.6) is 0 Å². The number of rotatable bonds is 0. The van der Waals surface area contributed by atoms with Crippen LogP contribution in [0.1, 0.15) is 39.5 Å². The van der Waals surface area contributed by atoms with Crippen LogP contribution in [0.4, 0.5) is 0 Å². The molecule has 1 aliphatic carbocycles. The molecular formula is C10H18O. The number of hydrogen-bond donors (Lipinski definition) is 0. The standard InChI is InChI=1S/C10H18O/c1-10(2)4-3-8-5-9(6-10)11-7-8/h8-9H,3-7H2,1-2H3. The van der Waals surface area contributed by atoms with E-state index in [1.54, 1.807) is 0 Å². The molecule has 0 aromatic heterocycles. The van der Waals surface area contributed by atoms with E-state index in [-0.39, 0.29) is 0 Å². The summed E-state index contributed by atoms with van der Waals surface area (Å²) < 4.78 is 5.69. The Morgan fingerprint density at radius 3 is 3.00 bits per heavy atom. The minimum absolute atomic E-state index is 0.542. The van der Waals surface area contributed by atoms with Gasteiger partial charge in [0, 0.05) is 6.61 Å². The van der Waals surface area contributed by atoms with Gasteiger partial charge in [-0.25, -0.2) is 0 Å². The second-order valence-corrected chi connectivity index (χ2v) is 4.96. The van der Waals surface area contributed by atoms with Crippen molar-refractivity contribution in [3.8, 4) is 0 Å². The monoisotopic (exact) mass is 154 g/mol. The zero-order valence-corrected chi connectivity index (χ0v) is 7.60. The van der Waals surface area contributed by atoms with E-state index in [0.29, 0.717) is 11.5 Å². The second-order valence-electron chi connectivity index (χ2n) is 4.96. The van der Waals surface area contributed by atoms with E-state index in [1.807, 2.05) is 0 Å². The van der Waals surface area contributed by atoms with Crippen LogP contribution >= 0.6 is 0 Å². The van der Waals surface area contributed by atoms with Crippen LogP contribution < -0.4 is 0 Å². The molecule has 1 heterocycles. The first kappa shape index (κ1) is 7.60. The van der Waals surface area contributed by atoms with Crippen molar-refractivity contribution in [1.29, 1.82) is 0 Å². The van der Waals surface area contributed by atoms with Crippen LogP contribution in [-0.2, 0) is 4.74 Å². The van der Waals surface area contributed by atoms with Crippen molar-refractivity contribution in [2.24, 2.45) is 11.3 Å². The maximum atomic E-state index is 5.69. The van der Waals surface area contributed by atoms with Gasteiger partial charge in [-0.1, -0.05) is 13.8 Å². The quantitative estimate of drug-likeness (QED) is 0.521. The van der Waals surface area contributed by atoms with Gasteiger partial charge < -0.3 is 4.74 Å². The molecule has 0 amide bonds. The Kier molecular flexibility index (Phi) is 1.71. The molecule has 1 aliphatic heterocycles. The zero-order valence-electron chi connectivity index (χ0n) is 7.60. The second kappa shape index (κ2) is 2.48. The lowest BCUT2D eigenvalue weighted by Crippen LogP contribution is -2.19. The SMILES string of the molecule is CC1(C)CCC2COC(C2)C1. The Morgan fingerprint density at radius 2 is 2.18 bits per heavy atom. The molecule has 1 heteroatoms. The Labute approximate surface area is 69.1 Å². The van der Waals surface area contributed by atoms with Crippen molar-refractivity contribution in [1.82, 2.24) is 0 Å². The topological polar surface area (TPSA) is 9.23 Å².